The third kappa shape index (κ3) is 4.05. The summed E-state index contributed by atoms with van der Waals surface area (Å²) in [5, 5.41) is 11.3. The van der Waals surface area contributed by atoms with E-state index in [-0.39, 0.29) is 0 Å². The van der Waals surface area contributed by atoms with E-state index < -0.39 is 0 Å². The fourth-order valence-electron chi connectivity index (χ4n) is 2.65. The molecule has 0 bridgehead atoms. The van der Waals surface area contributed by atoms with Gasteiger partial charge >= 0.3 is 0 Å². The average molecular weight is 319 g/mol. The molecule has 0 amide bonds. The first-order valence-corrected chi connectivity index (χ1v) is 9.14. The molecule has 0 N–H and O–H groups in total. The van der Waals surface area contributed by atoms with Gasteiger partial charge in [0.05, 0.1) is 6.54 Å². The Morgan fingerprint density at radius 2 is 1.95 bits per heavy atom. The lowest BCUT2D eigenvalue weighted by Crippen LogP contribution is -2.34. The number of benzene rings is 1. The Morgan fingerprint density at radius 1 is 1.19 bits per heavy atom. The predicted molar refractivity (Wildman–Crippen MR) is 90.0 cm³/mol. The van der Waals surface area contributed by atoms with Crippen LogP contribution in [0.4, 0.5) is 0 Å². The molecule has 1 aromatic heterocycles. The van der Waals surface area contributed by atoms with Crippen molar-refractivity contribution in [2.75, 3.05) is 13.1 Å². The lowest BCUT2D eigenvalue weighted by molar-refractivity contribution is 0.224. The number of hydrogen-bond donors (Lipinski definition) is 0. The number of aryl methyl sites for hydroxylation is 2. The summed E-state index contributed by atoms with van der Waals surface area (Å²) in [6, 6.07) is 8.71. The Labute approximate surface area is 134 Å². The molecule has 1 fully saturated rings. The van der Waals surface area contributed by atoms with Crippen LogP contribution >= 0.6 is 23.1 Å². The molecule has 1 saturated heterocycles. The van der Waals surface area contributed by atoms with Crippen LogP contribution < -0.4 is 0 Å². The highest BCUT2D eigenvalue weighted by Crippen LogP contribution is 2.32. The Hall–Kier alpha value is -0.910. The van der Waals surface area contributed by atoms with E-state index in [4.69, 9.17) is 0 Å². The van der Waals surface area contributed by atoms with Crippen molar-refractivity contribution >= 4 is 23.1 Å². The van der Waals surface area contributed by atoms with Crippen molar-refractivity contribution < 1.29 is 0 Å². The Bertz CT molecular complexity index is 589. The van der Waals surface area contributed by atoms with E-state index in [2.05, 4.69) is 58.0 Å². The molecular weight excluding hydrogens is 298 g/mol. The molecule has 1 aliphatic rings. The highest BCUT2D eigenvalue weighted by Gasteiger charge is 2.21. The zero-order valence-corrected chi connectivity index (χ0v) is 14.2. The van der Waals surface area contributed by atoms with Gasteiger partial charge in [0.25, 0.3) is 0 Å². The van der Waals surface area contributed by atoms with Gasteiger partial charge in [-0.15, -0.1) is 33.3 Å². The summed E-state index contributed by atoms with van der Waals surface area (Å²) in [6.45, 7) is 7.53. The topological polar surface area (TPSA) is 29.0 Å². The summed E-state index contributed by atoms with van der Waals surface area (Å²) in [7, 11) is 0. The zero-order valence-electron chi connectivity index (χ0n) is 12.6. The van der Waals surface area contributed by atoms with Crippen LogP contribution in [0.1, 0.15) is 28.4 Å². The van der Waals surface area contributed by atoms with Gasteiger partial charge in [0.1, 0.15) is 10.0 Å². The number of rotatable bonds is 4. The van der Waals surface area contributed by atoms with E-state index in [0.29, 0.717) is 0 Å². The minimum Gasteiger partial charge on any atom is -0.297 e. The molecule has 0 atom stereocenters. The van der Waals surface area contributed by atoms with Crippen LogP contribution in [-0.4, -0.2) is 33.4 Å². The fraction of sp³-hybridized carbons (Fsp3) is 0.500. The van der Waals surface area contributed by atoms with E-state index in [0.717, 1.165) is 21.8 Å². The van der Waals surface area contributed by atoms with Crippen LogP contribution in [0.25, 0.3) is 0 Å². The SMILES string of the molecule is Cc1nnc(CN2CCC(Sc3ccccc3C)CC2)s1. The molecule has 1 aliphatic heterocycles. The molecule has 2 aromatic rings. The van der Waals surface area contributed by atoms with E-state index in [1.54, 1.807) is 11.3 Å². The molecule has 0 aliphatic carbocycles. The number of aromatic nitrogens is 2. The number of piperidine rings is 1. The Morgan fingerprint density at radius 3 is 2.62 bits per heavy atom. The lowest BCUT2D eigenvalue weighted by atomic mass is 10.1. The van der Waals surface area contributed by atoms with Crippen LogP contribution in [-0.2, 0) is 6.54 Å². The van der Waals surface area contributed by atoms with Crippen LogP contribution in [0.3, 0.4) is 0 Å². The normalized spacial score (nSPS) is 17.2. The molecular formula is C16H21N3S2. The first-order chi connectivity index (χ1) is 10.2. The monoisotopic (exact) mass is 319 g/mol. The second-order valence-electron chi connectivity index (χ2n) is 5.57. The second kappa shape index (κ2) is 6.90. The third-order valence-electron chi connectivity index (χ3n) is 3.85. The summed E-state index contributed by atoms with van der Waals surface area (Å²) >= 11 is 3.77. The minimum absolute atomic E-state index is 0.749. The first-order valence-electron chi connectivity index (χ1n) is 7.44. The summed E-state index contributed by atoms with van der Waals surface area (Å²) in [5.41, 5.74) is 1.40. The van der Waals surface area contributed by atoms with E-state index in [1.807, 2.05) is 6.92 Å². The molecule has 21 heavy (non-hydrogen) atoms. The molecule has 3 nitrogen and oxygen atoms in total. The Balaban J connectivity index is 1.50. The summed E-state index contributed by atoms with van der Waals surface area (Å²) in [6.07, 6.45) is 2.52. The standard InChI is InChI=1S/C16H21N3S2/c1-12-5-3-4-6-15(12)21-14-7-9-19(10-8-14)11-16-18-17-13(2)20-16/h3-6,14H,7-11H2,1-2H3. The van der Waals surface area contributed by atoms with Gasteiger partial charge in [0, 0.05) is 10.1 Å². The molecule has 0 saturated carbocycles. The summed E-state index contributed by atoms with van der Waals surface area (Å²) in [5.74, 6) is 0. The van der Waals surface area contributed by atoms with Crippen molar-refractivity contribution in [1.82, 2.24) is 15.1 Å². The smallest absolute Gasteiger partial charge is 0.131 e. The number of thioether (sulfide) groups is 1. The maximum atomic E-state index is 4.23. The molecule has 1 aromatic carbocycles. The largest absolute Gasteiger partial charge is 0.297 e. The molecule has 3 rings (SSSR count). The van der Waals surface area contributed by atoms with Crippen molar-refractivity contribution in [3.8, 4) is 0 Å². The van der Waals surface area contributed by atoms with Crippen LogP contribution in [0.2, 0.25) is 0 Å². The van der Waals surface area contributed by atoms with Gasteiger partial charge in [0.15, 0.2) is 0 Å². The third-order valence-corrected chi connectivity index (χ3v) is 6.19. The second-order valence-corrected chi connectivity index (χ2v) is 8.18. The summed E-state index contributed by atoms with van der Waals surface area (Å²) < 4.78 is 0. The van der Waals surface area contributed by atoms with Crippen molar-refractivity contribution in [2.45, 2.75) is 43.4 Å². The van der Waals surface area contributed by atoms with Crippen molar-refractivity contribution in [2.24, 2.45) is 0 Å². The van der Waals surface area contributed by atoms with Gasteiger partial charge in [-0.1, -0.05) is 18.2 Å². The molecule has 0 radical (unpaired) electrons. The molecule has 112 valence electrons. The van der Waals surface area contributed by atoms with Gasteiger partial charge in [-0.2, -0.15) is 0 Å². The predicted octanol–water partition coefficient (Wildman–Crippen LogP) is 3.91. The van der Waals surface area contributed by atoms with Crippen molar-refractivity contribution in [3.05, 3.63) is 39.8 Å². The van der Waals surface area contributed by atoms with Crippen molar-refractivity contribution in [3.63, 3.8) is 0 Å². The quantitative estimate of drug-likeness (QED) is 0.854. The van der Waals surface area contributed by atoms with Crippen molar-refractivity contribution in [1.29, 1.82) is 0 Å². The van der Waals surface area contributed by atoms with Crippen LogP contribution in [0.5, 0.6) is 0 Å². The van der Waals surface area contributed by atoms with E-state index >= 15 is 0 Å². The van der Waals surface area contributed by atoms with Gasteiger partial charge in [-0.3, -0.25) is 4.90 Å². The molecule has 0 spiro atoms. The number of nitrogens with zero attached hydrogens (tertiary/aromatic N) is 3. The minimum atomic E-state index is 0.749. The lowest BCUT2D eigenvalue weighted by Gasteiger charge is -2.31. The van der Waals surface area contributed by atoms with Gasteiger partial charge in [-0.05, 0) is 51.4 Å². The fourth-order valence-corrected chi connectivity index (χ4v) is 4.61. The van der Waals surface area contributed by atoms with Gasteiger partial charge in [-0.25, -0.2) is 0 Å². The Kier molecular flexibility index (Phi) is 4.93. The van der Waals surface area contributed by atoms with Crippen LogP contribution in [0, 0.1) is 13.8 Å². The van der Waals surface area contributed by atoms with Gasteiger partial charge < -0.3 is 0 Å². The van der Waals surface area contributed by atoms with E-state index in [9.17, 15) is 0 Å². The molecule has 0 unspecified atom stereocenters. The maximum Gasteiger partial charge on any atom is 0.131 e. The molecule has 5 heteroatoms. The zero-order chi connectivity index (χ0) is 14.7. The van der Waals surface area contributed by atoms with E-state index in [1.165, 1.54) is 36.4 Å². The van der Waals surface area contributed by atoms with Gasteiger partial charge in [0.2, 0.25) is 0 Å². The van der Waals surface area contributed by atoms with Crippen LogP contribution in [0.15, 0.2) is 29.2 Å². The number of hydrogen-bond acceptors (Lipinski definition) is 5. The first kappa shape index (κ1) is 15.0. The molecule has 2 heterocycles. The number of likely N-dealkylation sites (tertiary alicyclic amines) is 1. The maximum absolute atomic E-state index is 4.23. The summed E-state index contributed by atoms with van der Waals surface area (Å²) in [4.78, 5) is 3.95. The average Bonchev–Trinajstić information content (AvgIpc) is 2.89. The highest BCUT2D eigenvalue weighted by molar-refractivity contribution is 8.00. The highest BCUT2D eigenvalue weighted by atomic mass is 32.2.